The smallest absolute Gasteiger partial charge is 0.409 e. The number of piperidine rings is 1. The van der Waals surface area contributed by atoms with Gasteiger partial charge in [0.2, 0.25) is 5.91 Å². The quantitative estimate of drug-likeness (QED) is 0.196. The van der Waals surface area contributed by atoms with Crippen LogP contribution in [0.25, 0.3) is 22.9 Å². The molecule has 1 fully saturated rings. The number of carbonyl (C=O) groups is 2. The summed E-state index contributed by atoms with van der Waals surface area (Å²) in [6.45, 7) is 1.81. The lowest BCUT2D eigenvalue weighted by Crippen LogP contribution is -2.35. The topological polar surface area (TPSA) is 160 Å². The van der Waals surface area contributed by atoms with Crippen LogP contribution < -0.4 is 16.0 Å². The van der Waals surface area contributed by atoms with Gasteiger partial charge in [-0.1, -0.05) is 35.3 Å². The van der Waals surface area contributed by atoms with Crippen LogP contribution in [0.1, 0.15) is 36.6 Å². The molecule has 1 aliphatic heterocycles. The van der Waals surface area contributed by atoms with Crippen molar-refractivity contribution in [2.45, 2.75) is 25.3 Å². The van der Waals surface area contributed by atoms with Crippen molar-refractivity contribution in [1.29, 1.82) is 0 Å². The van der Waals surface area contributed by atoms with E-state index in [9.17, 15) is 9.59 Å². The molecule has 2 amide bonds. The van der Waals surface area contributed by atoms with Crippen LogP contribution in [0.4, 0.5) is 10.5 Å². The zero-order valence-electron chi connectivity index (χ0n) is 22.2. The molecule has 216 valence electrons. The molecule has 0 radical (unpaired) electrons. The lowest BCUT2D eigenvalue weighted by atomic mass is 9.90. The largest absolute Gasteiger partial charge is 0.465 e. The number of carbonyl (C=O) groups excluding carboxylic acids is 1. The molecule has 2 aromatic carbocycles. The molecule has 42 heavy (non-hydrogen) atoms. The molecule has 5 rings (SSSR count). The number of benzene rings is 2. The maximum Gasteiger partial charge on any atom is 0.409 e. The van der Waals surface area contributed by atoms with Crippen LogP contribution in [0.5, 0.6) is 0 Å². The van der Waals surface area contributed by atoms with Crippen LogP contribution in [-0.2, 0) is 4.79 Å². The summed E-state index contributed by atoms with van der Waals surface area (Å²) in [6, 6.07) is 13.3. The third kappa shape index (κ3) is 7.46. The lowest BCUT2D eigenvalue weighted by Gasteiger charge is -2.27. The molecule has 2 aromatic heterocycles. The van der Waals surface area contributed by atoms with Crippen LogP contribution in [0.2, 0.25) is 10.2 Å². The fraction of sp³-hybridized carbons (Fsp3) is 0.250. The van der Waals surface area contributed by atoms with E-state index in [4.69, 9.17) is 28.3 Å². The summed E-state index contributed by atoms with van der Waals surface area (Å²) < 4.78 is 1.49. The zero-order chi connectivity index (χ0) is 29.5. The second-order valence-corrected chi connectivity index (χ2v) is 10.6. The standard InChI is InChI=1S/C28H27Cl2N9O3/c29-20-6-9-25(39-16-32-37-38-39)19(13-20)5-10-26(40)34-23(12-17-2-1-11-31-15-17)24-14-22(27(30)36-35-24)18-3-7-21(8-4-18)33-28(41)42/h3-10,13-14,16-17,23,31,33H,1-2,11-12,15H2,(H,34,40)(H,41,42)/t17?,23-/m0/s1. The second-order valence-electron chi connectivity index (χ2n) is 9.78. The van der Waals surface area contributed by atoms with Gasteiger partial charge in [-0.2, -0.15) is 9.78 Å². The van der Waals surface area contributed by atoms with E-state index in [-0.39, 0.29) is 11.1 Å². The molecule has 3 heterocycles. The minimum atomic E-state index is -1.15. The molecule has 0 aliphatic carbocycles. The Kier molecular flexibility index (Phi) is 9.37. The van der Waals surface area contributed by atoms with Gasteiger partial charge in [-0.15, -0.1) is 10.2 Å². The number of rotatable bonds is 9. The van der Waals surface area contributed by atoms with Crippen LogP contribution in [0.3, 0.4) is 0 Å². The predicted molar refractivity (Wildman–Crippen MR) is 158 cm³/mol. The molecule has 2 atom stereocenters. The highest BCUT2D eigenvalue weighted by Crippen LogP contribution is 2.31. The molecule has 0 spiro atoms. The maximum absolute atomic E-state index is 13.2. The maximum atomic E-state index is 13.2. The number of hydrogen-bond acceptors (Lipinski definition) is 8. The van der Waals surface area contributed by atoms with E-state index in [1.54, 1.807) is 48.5 Å². The summed E-state index contributed by atoms with van der Waals surface area (Å²) >= 11 is 12.6. The van der Waals surface area contributed by atoms with Gasteiger partial charge in [-0.3, -0.25) is 10.1 Å². The van der Waals surface area contributed by atoms with E-state index in [1.807, 2.05) is 6.07 Å². The Morgan fingerprint density at radius 2 is 1.98 bits per heavy atom. The molecule has 12 nitrogen and oxygen atoms in total. The van der Waals surface area contributed by atoms with Gasteiger partial charge < -0.3 is 15.7 Å². The van der Waals surface area contributed by atoms with Crippen LogP contribution >= 0.6 is 23.2 Å². The highest BCUT2D eigenvalue weighted by Gasteiger charge is 2.24. The molecule has 0 bridgehead atoms. The average Bonchev–Trinajstić information content (AvgIpc) is 3.52. The molecule has 14 heteroatoms. The van der Waals surface area contributed by atoms with Crippen molar-refractivity contribution in [1.82, 2.24) is 41.0 Å². The molecule has 1 saturated heterocycles. The molecular formula is C28H27Cl2N9O3. The van der Waals surface area contributed by atoms with Gasteiger partial charge in [-0.05, 0) is 96.7 Å². The summed E-state index contributed by atoms with van der Waals surface area (Å²) in [6.07, 6.45) is 6.12. The third-order valence-corrected chi connectivity index (χ3v) is 7.37. The number of amides is 2. The Hall–Kier alpha value is -4.39. The normalized spacial score (nSPS) is 15.8. The van der Waals surface area contributed by atoms with E-state index < -0.39 is 12.1 Å². The van der Waals surface area contributed by atoms with E-state index in [0.29, 0.717) is 45.6 Å². The van der Waals surface area contributed by atoms with Gasteiger partial charge in [0, 0.05) is 27.9 Å². The molecular weight excluding hydrogens is 581 g/mol. The van der Waals surface area contributed by atoms with Gasteiger partial charge in [-0.25, -0.2) is 4.79 Å². The van der Waals surface area contributed by atoms with E-state index in [0.717, 1.165) is 31.5 Å². The summed E-state index contributed by atoms with van der Waals surface area (Å²) in [7, 11) is 0. The number of carboxylic acid groups (broad SMARTS) is 1. The van der Waals surface area contributed by atoms with Crippen molar-refractivity contribution in [3.63, 3.8) is 0 Å². The third-order valence-electron chi connectivity index (χ3n) is 6.86. The number of halogens is 2. The monoisotopic (exact) mass is 607 g/mol. The first kappa shape index (κ1) is 29.1. The van der Waals surface area contributed by atoms with Gasteiger partial charge >= 0.3 is 6.09 Å². The first-order chi connectivity index (χ1) is 20.4. The summed E-state index contributed by atoms with van der Waals surface area (Å²) in [5.74, 6) is 0.00323. The molecule has 1 aliphatic rings. The highest BCUT2D eigenvalue weighted by atomic mass is 35.5. The predicted octanol–water partition coefficient (Wildman–Crippen LogP) is 4.78. The van der Waals surface area contributed by atoms with Crippen molar-refractivity contribution in [2.24, 2.45) is 5.92 Å². The molecule has 4 aromatic rings. The van der Waals surface area contributed by atoms with Crippen LogP contribution in [0, 0.1) is 5.92 Å². The van der Waals surface area contributed by atoms with Gasteiger partial charge in [0.15, 0.2) is 5.15 Å². The van der Waals surface area contributed by atoms with Crippen molar-refractivity contribution >= 4 is 47.0 Å². The lowest BCUT2D eigenvalue weighted by molar-refractivity contribution is -0.117. The number of tetrazole rings is 1. The first-order valence-corrected chi connectivity index (χ1v) is 14.0. The van der Waals surface area contributed by atoms with Crippen molar-refractivity contribution in [3.8, 4) is 16.8 Å². The molecule has 1 unspecified atom stereocenters. The van der Waals surface area contributed by atoms with Gasteiger partial charge in [0.05, 0.1) is 17.4 Å². The highest BCUT2D eigenvalue weighted by molar-refractivity contribution is 6.32. The summed E-state index contributed by atoms with van der Waals surface area (Å²) in [5, 5.41) is 38.3. The Bertz CT molecular complexity index is 1570. The van der Waals surface area contributed by atoms with E-state index >= 15 is 0 Å². The molecule has 0 saturated carbocycles. The summed E-state index contributed by atoms with van der Waals surface area (Å²) in [4.78, 5) is 24.2. The Labute approximate surface area is 251 Å². The van der Waals surface area contributed by atoms with Crippen LogP contribution in [-0.4, -0.2) is 60.6 Å². The number of aromatic nitrogens is 6. The van der Waals surface area contributed by atoms with Crippen molar-refractivity contribution < 1.29 is 14.7 Å². The SMILES string of the molecule is O=C(O)Nc1ccc(-c2cc([C@H](CC3CCCNC3)NC(=O)C=Cc3cc(Cl)ccc3-n3cnnn3)nnc2Cl)cc1. The number of anilines is 1. The number of nitrogens with zero attached hydrogens (tertiary/aromatic N) is 6. The van der Waals surface area contributed by atoms with Crippen molar-refractivity contribution in [3.05, 3.63) is 82.4 Å². The van der Waals surface area contributed by atoms with Gasteiger partial charge in [0.25, 0.3) is 0 Å². The molecule has 4 N–H and O–H groups in total. The minimum Gasteiger partial charge on any atom is -0.465 e. The van der Waals surface area contributed by atoms with E-state index in [2.05, 4.69) is 41.7 Å². The van der Waals surface area contributed by atoms with Crippen molar-refractivity contribution in [2.75, 3.05) is 18.4 Å². The fourth-order valence-electron chi connectivity index (χ4n) is 4.86. The minimum absolute atomic E-state index is 0.193. The summed E-state index contributed by atoms with van der Waals surface area (Å²) in [5.41, 5.74) is 3.65. The number of hydrogen-bond donors (Lipinski definition) is 4. The van der Waals surface area contributed by atoms with E-state index in [1.165, 1.54) is 17.1 Å². The number of nitrogens with one attached hydrogen (secondary N) is 3. The Morgan fingerprint density at radius 3 is 2.69 bits per heavy atom. The zero-order valence-corrected chi connectivity index (χ0v) is 23.8. The fourth-order valence-corrected chi connectivity index (χ4v) is 5.24. The first-order valence-electron chi connectivity index (χ1n) is 13.2. The Morgan fingerprint density at radius 1 is 1.14 bits per heavy atom. The van der Waals surface area contributed by atoms with Crippen LogP contribution in [0.15, 0.2) is 60.9 Å². The average molecular weight is 608 g/mol. The van der Waals surface area contributed by atoms with Gasteiger partial charge in [0.1, 0.15) is 6.33 Å². The second kappa shape index (κ2) is 13.5. The Balaban J connectivity index is 1.40.